The highest BCUT2D eigenvalue weighted by molar-refractivity contribution is 6.02. The number of unbranched alkanes of at least 4 members (excludes halogenated alkanes) is 2. The van der Waals surface area contributed by atoms with Gasteiger partial charge in [-0.05, 0) is 37.1 Å². The quantitative estimate of drug-likeness (QED) is 0.409. The molecule has 0 aliphatic heterocycles. The predicted molar refractivity (Wildman–Crippen MR) is 111 cm³/mol. The van der Waals surface area contributed by atoms with Crippen LogP contribution in [0.15, 0.2) is 54.6 Å². The predicted octanol–water partition coefficient (Wildman–Crippen LogP) is 5.70. The number of carbonyl (C=O) groups is 1. The second-order valence-electron chi connectivity index (χ2n) is 6.26. The number of hydrogen-bond acceptors (Lipinski definition) is 3. The van der Waals surface area contributed by atoms with Crippen molar-refractivity contribution in [1.29, 1.82) is 0 Å². The van der Waals surface area contributed by atoms with Crippen LogP contribution in [-0.2, 0) is 4.79 Å². The molecule has 0 saturated heterocycles. The van der Waals surface area contributed by atoms with Gasteiger partial charge in [0.2, 0.25) is 5.91 Å². The maximum Gasteiger partial charge on any atom is 0.248 e. The summed E-state index contributed by atoms with van der Waals surface area (Å²) in [6, 6.07) is 15.2. The highest BCUT2D eigenvalue weighted by Crippen LogP contribution is 2.24. The van der Waals surface area contributed by atoms with E-state index >= 15 is 0 Å². The number of benzene rings is 2. The summed E-state index contributed by atoms with van der Waals surface area (Å²) in [4.78, 5) is 12.3. The normalized spacial score (nSPS) is 10.7. The molecule has 0 aliphatic carbocycles. The van der Waals surface area contributed by atoms with Crippen LogP contribution in [-0.4, -0.2) is 19.1 Å². The highest BCUT2D eigenvalue weighted by Gasteiger charge is 2.06. The molecule has 2 aromatic carbocycles. The number of amides is 1. The summed E-state index contributed by atoms with van der Waals surface area (Å²) in [5.74, 6) is 1.28. The van der Waals surface area contributed by atoms with E-state index in [0.717, 1.165) is 37.0 Å². The van der Waals surface area contributed by atoms with E-state index in [2.05, 4.69) is 19.2 Å². The second-order valence-corrected chi connectivity index (χ2v) is 6.26. The van der Waals surface area contributed by atoms with Crippen LogP contribution < -0.4 is 14.8 Å². The van der Waals surface area contributed by atoms with Gasteiger partial charge in [-0.15, -0.1) is 0 Å². The molecule has 0 heterocycles. The van der Waals surface area contributed by atoms with Crippen LogP contribution in [0, 0.1) is 0 Å². The Balaban J connectivity index is 2.00. The maximum absolute atomic E-state index is 12.3. The second kappa shape index (κ2) is 11.8. The first-order chi connectivity index (χ1) is 13.2. The molecule has 144 valence electrons. The minimum Gasteiger partial charge on any atom is -0.493 e. The third-order valence-electron chi connectivity index (χ3n) is 3.99. The van der Waals surface area contributed by atoms with Crippen LogP contribution in [0.5, 0.6) is 11.5 Å². The smallest absolute Gasteiger partial charge is 0.248 e. The standard InChI is InChI=1S/C23H29NO3/c1-3-5-17-26-21-13-9-7-11-19(21)15-16-23(25)24-20-12-8-10-14-22(20)27-18-6-4-2/h7-16H,3-6,17-18H2,1-2H3,(H,24,25). The average Bonchev–Trinajstić information content (AvgIpc) is 2.69. The number of rotatable bonds is 11. The number of anilines is 1. The van der Waals surface area contributed by atoms with Crippen LogP contribution in [0.4, 0.5) is 5.69 Å². The number of carbonyl (C=O) groups excluding carboxylic acids is 1. The molecule has 0 atom stereocenters. The largest absolute Gasteiger partial charge is 0.493 e. The molecule has 2 rings (SSSR count). The van der Waals surface area contributed by atoms with Crippen molar-refractivity contribution in [1.82, 2.24) is 0 Å². The first-order valence-electron chi connectivity index (χ1n) is 9.67. The Bertz CT molecular complexity index is 740. The zero-order valence-corrected chi connectivity index (χ0v) is 16.2. The van der Waals surface area contributed by atoms with Gasteiger partial charge in [0.05, 0.1) is 18.9 Å². The Morgan fingerprint density at radius 1 is 0.889 bits per heavy atom. The molecule has 0 unspecified atom stereocenters. The summed E-state index contributed by atoms with van der Waals surface area (Å²) in [5, 5.41) is 2.89. The van der Waals surface area contributed by atoms with Gasteiger partial charge in [0.1, 0.15) is 11.5 Å². The molecule has 0 aromatic heterocycles. The molecule has 0 fully saturated rings. The molecule has 4 heteroatoms. The lowest BCUT2D eigenvalue weighted by Crippen LogP contribution is -2.09. The van der Waals surface area contributed by atoms with Crippen LogP contribution in [0.2, 0.25) is 0 Å². The third-order valence-corrected chi connectivity index (χ3v) is 3.99. The lowest BCUT2D eigenvalue weighted by molar-refractivity contribution is -0.111. The van der Waals surface area contributed by atoms with E-state index in [1.165, 1.54) is 6.08 Å². The number of nitrogens with one attached hydrogen (secondary N) is 1. The Morgan fingerprint density at radius 3 is 2.19 bits per heavy atom. The van der Waals surface area contributed by atoms with Gasteiger partial charge in [-0.3, -0.25) is 4.79 Å². The molecule has 0 radical (unpaired) electrons. The summed E-state index contributed by atoms with van der Waals surface area (Å²) in [7, 11) is 0. The summed E-state index contributed by atoms with van der Waals surface area (Å²) in [5.41, 5.74) is 1.56. The highest BCUT2D eigenvalue weighted by atomic mass is 16.5. The summed E-state index contributed by atoms with van der Waals surface area (Å²) < 4.78 is 11.6. The van der Waals surface area contributed by atoms with Crippen molar-refractivity contribution in [2.75, 3.05) is 18.5 Å². The van der Waals surface area contributed by atoms with Crippen LogP contribution in [0.3, 0.4) is 0 Å². The molecular weight excluding hydrogens is 338 g/mol. The minimum atomic E-state index is -0.204. The number of ether oxygens (including phenoxy) is 2. The molecule has 0 saturated carbocycles. The summed E-state index contributed by atoms with van der Waals surface area (Å²) in [6.07, 6.45) is 7.43. The van der Waals surface area contributed by atoms with Gasteiger partial charge in [0, 0.05) is 11.6 Å². The minimum absolute atomic E-state index is 0.204. The van der Waals surface area contributed by atoms with Crippen LogP contribution in [0.25, 0.3) is 6.08 Å². The SMILES string of the molecule is CCCCOc1ccccc1C=CC(=O)Nc1ccccc1OCCCC. The van der Waals surface area contributed by atoms with Crippen molar-refractivity contribution in [2.24, 2.45) is 0 Å². The summed E-state index contributed by atoms with van der Waals surface area (Å²) in [6.45, 7) is 5.56. The van der Waals surface area contributed by atoms with Gasteiger partial charge in [-0.1, -0.05) is 57.0 Å². The monoisotopic (exact) mass is 367 g/mol. The van der Waals surface area contributed by atoms with E-state index in [1.807, 2.05) is 48.5 Å². The van der Waals surface area contributed by atoms with E-state index in [9.17, 15) is 4.79 Å². The topological polar surface area (TPSA) is 47.6 Å². The Kier molecular flexibility index (Phi) is 8.98. The molecule has 2 aromatic rings. The molecular formula is C23H29NO3. The van der Waals surface area contributed by atoms with Crippen molar-refractivity contribution >= 4 is 17.7 Å². The Labute approximate surface area is 162 Å². The first-order valence-corrected chi connectivity index (χ1v) is 9.67. The Morgan fingerprint density at radius 2 is 1.48 bits per heavy atom. The van der Waals surface area contributed by atoms with Gasteiger partial charge in [0.25, 0.3) is 0 Å². The van der Waals surface area contributed by atoms with E-state index in [-0.39, 0.29) is 5.91 Å². The van der Waals surface area contributed by atoms with E-state index in [0.29, 0.717) is 24.7 Å². The van der Waals surface area contributed by atoms with Gasteiger partial charge in [-0.25, -0.2) is 0 Å². The molecule has 4 nitrogen and oxygen atoms in total. The lowest BCUT2D eigenvalue weighted by Gasteiger charge is -2.11. The Hall–Kier alpha value is -2.75. The van der Waals surface area contributed by atoms with Crippen LogP contribution in [0.1, 0.15) is 45.1 Å². The molecule has 0 spiro atoms. The first kappa shape index (κ1) is 20.6. The molecule has 1 amide bonds. The lowest BCUT2D eigenvalue weighted by atomic mass is 10.2. The van der Waals surface area contributed by atoms with Gasteiger partial charge in [-0.2, -0.15) is 0 Å². The molecule has 0 bridgehead atoms. The van der Waals surface area contributed by atoms with Crippen molar-refractivity contribution in [3.8, 4) is 11.5 Å². The van der Waals surface area contributed by atoms with E-state index in [1.54, 1.807) is 6.08 Å². The average molecular weight is 367 g/mol. The van der Waals surface area contributed by atoms with Crippen LogP contribution >= 0.6 is 0 Å². The fourth-order valence-electron chi connectivity index (χ4n) is 2.44. The van der Waals surface area contributed by atoms with E-state index < -0.39 is 0 Å². The molecule has 1 N–H and O–H groups in total. The molecule has 27 heavy (non-hydrogen) atoms. The van der Waals surface area contributed by atoms with Crippen molar-refractivity contribution < 1.29 is 14.3 Å². The number of hydrogen-bond donors (Lipinski definition) is 1. The van der Waals surface area contributed by atoms with Gasteiger partial charge >= 0.3 is 0 Å². The van der Waals surface area contributed by atoms with Gasteiger partial charge < -0.3 is 14.8 Å². The van der Waals surface area contributed by atoms with E-state index in [4.69, 9.17) is 9.47 Å². The van der Waals surface area contributed by atoms with Crippen molar-refractivity contribution in [3.05, 3.63) is 60.2 Å². The van der Waals surface area contributed by atoms with Crippen molar-refractivity contribution in [2.45, 2.75) is 39.5 Å². The maximum atomic E-state index is 12.3. The zero-order chi connectivity index (χ0) is 19.3. The van der Waals surface area contributed by atoms with Crippen molar-refractivity contribution in [3.63, 3.8) is 0 Å². The number of para-hydroxylation sites is 3. The van der Waals surface area contributed by atoms with Gasteiger partial charge in [0.15, 0.2) is 0 Å². The summed E-state index contributed by atoms with van der Waals surface area (Å²) >= 11 is 0. The molecule has 0 aliphatic rings. The third kappa shape index (κ3) is 7.18. The fourth-order valence-corrected chi connectivity index (χ4v) is 2.44. The fraction of sp³-hybridized carbons (Fsp3) is 0.348. The zero-order valence-electron chi connectivity index (χ0n) is 16.2.